The van der Waals surface area contributed by atoms with Crippen LogP contribution in [0.5, 0.6) is 0 Å². The second-order valence-electron chi connectivity index (χ2n) is 4.83. The summed E-state index contributed by atoms with van der Waals surface area (Å²) in [5.41, 5.74) is 0.787. The summed E-state index contributed by atoms with van der Waals surface area (Å²) in [7, 11) is 3.38. The molecular formula is C13H21N3O2. The number of aliphatic hydroxyl groups excluding tert-OH is 1. The van der Waals surface area contributed by atoms with Crippen LogP contribution in [0, 0.1) is 0 Å². The highest BCUT2D eigenvalue weighted by Gasteiger charge is 2.21. The van der Waals surface area contributed by atoms with Gasteiger partial charge >= 0.3 is 0 Å². The summed E-state index contributed by atoms with van der Waals surface area (Å²) < 4.78 is 0. The molecule has 0 fully saturated rings. The molecule has 0 radical (unpaired) electrons. The van der Waals surface area contributed by atoms with E-state index in [2.05, 4.69) is 10.3 Å². The molecule has 1 aromatic rings. The molecule has 1 heterocycles. The molecule has 1 unspecified atom stereocenters. The van der Waals surface area contributed by atoms with Crippen LogP contribution in [0.2, 0.25) is 0 Å². The van der Waals surface area contributed by atoms with Crippen molar-refractivity contribution in [2.75, 3.05) is 26.0 Å². The molecule has 0 aliphatic rings. The molecule has 0 bridgehead atoms. The van der Waals surface area contributed by atoms with Crippen LogP contribution in [0.1, 0.15) is 30.8 Å². The first-order valence-electron chi connectivity index (χ1n) is 5.98. The molecule has 0 saturated heterocycles. The monoisotopic (exact) mass is 251 g/mol. The van der Waals surface area contributed by atoms with E-state index in [0.717, 1.165) is 12.1 Å². The standard InChI is InChI=1S/C13H21N3O2/c1-5-13(2,9-17)15-10-6-7-14-11(8-10)12(18)16(3)4/h6-8,17H,5,9H2,1-4H3,(H,14,15). The quantitative estimate of drug-likeness (QED) is 0.829. The highest BCUT2D eigenvalue weighted by Crippen LogP contribution is 2.18. The van der Waals surface area contributed by atoms with E-state index < -0.39 is 0 Å². The highest BCUT2D eigenvalue weighted by molar-refractivity contribution is 5.92. The SMILES string of the molecule is CCC(C)(CO)Nc1ccnc(C(=O)N(C)C)c1. The summed E-state index contributed by atoms with van der Waals surface area (Å²) in [5, 5.41) is 12.6. The molecule has 1 aromatic heterocycles. The number of hydrogen-bond acceptors (Lipinski definition) is 4. The van der Waals surface area contributed by atoms with Crippen molar-refractivity contribution in [3.05, 3.63) is 24.0 Å². The van der Waals surface area contributed by atoms with E-state index in [0.29, 0.717) is 5.69 Å². The molecule has 0 aromatic carbocycles. The van der Waals surface area contributed by atoms with Gasteiger partial charge in [-0.05, 0) is 25.5 Å². The molecular weight excluding hydrogens is 230 g/mol. The van der Waals surface area contributed by atoms with Gasteiger partial charge in [-0.1, -0.05) is 6.92 Å². The van der Waals surface area contributed by atoms with E-state index in [1.165, 1.54) is 4.90 Å². The fourth-order valence-corrected chi connectivity index (χ4v) is 1.44. The van der Waals surface area contributed by atoms with E-state index in [1.807, 2.05) is 13.8 Å². The van der Waals surface area contributed by atoms with Gasteiger partial charge in [-0.15, -0.1) is 0 Å². The number of carbonyl (C=O) groups excluding carboxylic acids is 1. The van der Waals surface area contributed by atoms with Crippen molar-refractivity contribution in [2.45, 2.75) is 25.8 Å². The zero-order chi connectivity index (χ0) is 13.8. The Morgan fingerprint density at radius 1 is 1.56 bits per heavy atom. The van der Waals surface area contributed by atoms with E-state index >= 15 is 0 Å². The van der Waals surface area contributed by atoms with E-state index in [9.17, 15) is 9.90 Å². The van der Waals surface area contributed by atoms with Gasteiger partial charge in [-0.3, -0.25) is 9.78 Å². The first-order valence-corrected chi connectivity index (χ1v) is 5.98. The van der Waals surface area contributed by atoms with Gasteiger partial charge in [0.05, 0.1) is 12.1 Å². The number of amides is 1. The van der Waals surface area contributed by atoms with Gasteiger partial charge in [0.25, 0.3) is 5.91 Å². The van der Waals surface area contributed by atoms with Crippen molar-refractivity contribution in [1.29, 1.82) is 0 Å². The number of hydrogen-bond donors (Lipinski definition) is 2. The van der Waals surface area contributed by atoms with Crippen molar-refractivity contribution in [3.8, 4) is 0 Å². The third-order valence-electron chi connectivity index (χ3n) is 2.96. The molecule has 5 nitrogen and oxygen atoms in total. The minimum Gasteiger partial charge on any atom is -0.394 e. The van der Waals surface area contributed by atoms with E-state index in [1.54, 1.807) is 32.4 Å². The predicted octanol–water partition coefficient (Wildman–Crippen LogP) is 1.36. The fraction of sp³-hybridized carbons (Fsp3) is 0.538. The molecule has 100 valence electrons. The van der Waals surface area contributed by atoms with Crippen LogP contribution in [-0.4, -0.2) is 47.1 Å². The van der Waals surface area contributed by atoms with Crippen LogP contribution in [0.4, 0.5) is 5.69 Å². The molecule has 2 N–H and O–H groups in total. The second-order valence-corrected chi connectivity index (χ2v) is 4.83. The number of pyridine rings is 1. The summed E-state index contributed by atoms with van der Waals surface area (Å²) in [5.74, 6) is -0.138. The van der Waals surface area contributed by atoms with E-state index in [-0.39, 0.29) is 18.1 Å². The topological polar surface area (TPSA) is 65.5 Å². The highest BCUT2D eigenvalue weighted by atomic mass is 16.3. The smallest absolute Gasteiger partial charge is 0.272 e. The average molecular weight is 251 g/mol. The summed E-state index contributed by atoms with van der Waals surface area (Å²) in [6.07, 6.45) is 2.37. The van der Waals surface area contributed by atoms with Gasteiger partial charge in [-0.2, -0.15) is 0 Å². The first kappa shape index (κ1) is 14.4. The van der Waals surface area contributed by atoms with Gasteiger partial charge in [0.1, 0.15) is 5.69 Å². The minimum atomic E-state index is -0.389. The van der Waals surface area contributed by atoms with Gasteiger partial charge in [0.2, 0.25) is 0 Å². The number of nitrogens with one attached hydrogen (secondary N) is 1. The van der Waals surface area contributed by atoms with Gasteiger partial charge in [0, 0.05) is 26.0 Å². The Morgan fingerprint density at radius 3 is 2.72 bits per heavy atom. The van der Waals surface area contributed by atoms with Crippen LogP contribution >= 0.6 is 0 Å². The molecule has 18 heavy (non-hydrogen) atoms. The first-order chi connectivity index (χ1) is 8.41. The fourth-order valence-electron chi connectivity index (χ4n) is 1.44. The summed E-state index contributed by atoms with van der Waals surface area (Å²) in [6.45, 7) is 3.96. The molecule has 0 aliphatic heterocycles. The maximum atomic E-state index is 11.8. The third-order valence-corrected chi connectivity index (χ3v) is 2.96. The largest absolute Gasteiger partial charge is 0.394 e. The lowest BCUT2D eigenvalue weighted by Gasteiger charge is -2.28. The van der Waals surface area contributed by atoms with Crippen LogP contribution in [0.3, 0.4) is 0 Å². The Hall–Kier alpha value is -1.62. The zero-order valence-electron chi connectivity index (χ0n) is 11.4. The maximum Gasteiger partial charge on any atom is 0.272 e. The Labute approximate surface area is 108 Å². The van der Waals surface area contributed by atoms with E-state index in [4.69, 9.17) is 0 Å². The van der Waals surface area contributed by atoms with Crippen LogP contribution in [0.15, 0.2) is 18.3 Å². The summed E-state index contributed by atoms with van der Waals surface area (Å²) in [4.78, 5) is 17.3. The zero-order valence-corrected chi connectivity index (χ0v) is 11.4. The number of aliphatic hydroxyl groups is 1. The lowest BCUT2D eigenvalue weighted by molar-refractivity contribution is 0.0822. The van der Waals surface area contributed by atoms with Crippen molar-refractivity contribution >= 4 is 11.6 Å². The van der Waals surface area contributed by atoms with Crippen molar-refractivity contribution < 1.29 is 9.90 Å². The lowest BCUT2D eigenvalue weighted by Crippen LogP contribution is -2.38. The molecule has 1 rings (SSSR count). The number of rotatable bonds is 5. The van der Waals surface area contributed by atoms with Gasteiger partial charge in [0.15, 0.2) is 0 Å². The molecule has 0 aliphatic carbocycles. The Balaban J connectivity index is 2.92. The minimum absolute atomic E-state index is 0.0305. The Morgan fingerprint density at radius 2 is 2.22 bits per heavy atom. The van der Waals surface area contributed by atoms with Crippen LogP contribution < -0.4 is 5.32 Å². The van der Waals surface area contributed by atoms with Crippen LogP contribution in [-0.2, 0) is 0 Å². The summed E-state index contributed by atoms with van der Waals surface area (Å²) in [6, 6.07) is 3.49. The molecule has 5 heteroatoms. The Kier molecular flexibility index (Phi) is 4.67. The Bertz CT molecular complexity index is 414. The lowest BCUT2D eigenvalue weighted by atomic mass is 10.00. The van der Waals surface area contributed by atoms with Gasteiger partial charge < -0.3 is 15.3 Å². The predicted molar refractivity (Wildman–Crippen MR) is 71.7 cm³/mol. The summed E-state index contributed by atoms with van der Waals surface area (Å²) >= 11 is 0. The van der Waals surface area contributed by atoms with Crippen molar-refractivity contribution in [2.24, 2.45) is 0 Å². The number of aromatic nitrogens is 1. The number of carbonyl (C=O) groups is 1. The average Bonchev–Trinajstić information content (AvgIpc) is 2.37. The third kappa shape index (κ3) is 3.43. The van der Waals surface area contributed by atoms with Crippen LogP contribution in [0.25, 0.3) is 0 Å². The molecule has 0 spiro atoms. The van der Waals surface area contributed by atoms with Crippen molar-refractivity contribution in [3.63, 3.8) is 0 Å². The van der Waals surface area contributed by atoms with Gasteiger partial charge in [-0.25, -0.2) is 0 Å². The normalized spacial score (nSPS) is 13.8. The molecule has 1 amide bonds. The van der Waals surface area contributed by atoms with Crippen molar-refractivity contribution in [1.82, 2.24) is 9.88 Å². The number of anilines is 1. The molecule has 1 atom stereocenters. The second kappa shape index (κ2) is 5.82. The molecule has 0 saturated carbocycles. The number of nitrogens with zero attached hydrogens (tertiary/aromatic N) is 2. The maximum absolute atomic E-state index is 11.8.